The molecule has 1 amide bonds. The van der Waals surface area contributed by atoms with Crippen LogP contribution in [0.3, 0.4) is 0 Å². The standard InChI is InChI=1S/C19H25N5O3/c1-2-21-19(22-8-14-26-16-5-3-7-20-15-16)24-11-9-23(10-12-24)18(25)17-6-4-13-27-17/h3-7,13,15H,2,8-12,14H2,1H3,(H,21,22). The lowest BCUT2D eigenvalue weighted by molar-refractivity contribution is 0.0657. The lowest BCUT2D eigenvalue weighted by atomic mass is 10.3. The summed E-state index contributed by atoms with van der Waals surface area (Å²) < 4.78 is 10.8. The van der Waals surface area contributed by atoms with Crippen LogP contribution in [-0.4, -0.2) is 72.5 Å². The summed E-state index contributed by atoms with van der Waals surface area (Å²) in [5.41, 5.74) is 0. The van der Waals surface area contributed by atoms with E-state index in [4.69, 9.17) is 9.15 Å². The molecule has 0 aromatic carbocycles. The lowest BCUT2D eigenvalue weighted by Gasteiger charge is -2.36. The minimum Gasteiger partial charge on any atom is -0.490 e. The van der Waals surface area contributed by atoms with Crippen LogP contribution in [0.4, 0.5) is 0 Å². The molecule has 1 fully saturated rings. The molecule has 3 rings (SSSR count). The minimum absolute atomic E-state index is 0.0635. The van der Waals surface area contributed by atoms with Gasteiger partial charge in [0.2, 0.25) is 0 Å². The second kappa shape index (κ2) is 9.61. The molecular weight excluding hydrogens is 346 g/mol. The first-order valence-corrected chi connectivity index (χ1v) is 9.17. The summed E-state index contributed by atoms with van der Waals surface area (Å²) >= 11 is 0. The number of ether oxygens (including phenoxy) is 1. The number of nitrogens with zero attached hydrogens (tertiary/aromatic N) is 4. The van der Waals surface area contributed by atoms with E-state index in [0.717, 1.165) is 31.3 Å². The first-order chi connectivity index (χ1) is 13.3. The Morgan fingerprint density at radius 2 is 2.07 bits per heavy atom. The van der Waals surface area contributed by atoms with Gasteiger partial charge in [-0.2, -0.15) is 0 Å². The van der Waals surface area contributed by atoms with Crippen LogP contribution in [0, 0.1) is 0 Å². The number of hydrogen-bond acceptors (Lipinski definition) is 5. The molecule has 1 aliphatic heterocycles. The third kappa shape index (κ3) is 5.22. The number of aromatic nitrogens is 1. The van der Waals surface area contributed by atoms with E-state index in [-0.39, 0.29) is 5.91 Å². The molecule has 8 heteroatoms. The van der Waals surface area contributed by atoms with E-state index in [1.807, 2.05) is 24.0 Å². The Labute approximate surface area is 158 Å². The Balaban J connectivity index is 1.49. The van der Waals surface area contributed by atoms with Crippen molar-refractivity contribution in [2.75, 3.05) is 45.9 Å². The second-order valence-electron chi connectivity index (χ2n) is 6.03. The molecule has 1 aliphatic rings. The largest absolute Gasteiger partial charge is 0.490 e. The van der Waals surface area contributed by atoms with E-state index in [9.17, 15) is 4.79 Å². The van der Waals surface area contributed by atoms with Crippen LogP contribution in [0.1, 0.15) is 17.5 Å². The van der Waals surface area contributed by atoms with Crippen molar-refractivity contribution in [3.63, 3.8) is 0 Å². The zero-order valence-corrected chi connectivity index (χ0v) is 15.5. The maximum Gasteiger partial charge on any atom is 0.289 e. The van der Waals surface area contributed by atoms with Gasteiger partial charge >= 0.3 is 0 Å². The number of hydrogen-bond donors (Lipinski definition) is 1. The smallest absolute Gasteiger partial charge is 0.289 e. The first-order valence-electron chi connectivity index (χ1n) is 9.17. The van der Waals surface area contributed by atoms with Gasteiger partial charge in [0.15, 0.2) is 11.7 Å². The quantitative estimate of drug-likeness (QED) is 0.470. The van der Waals surface area contributed by atoms with Gasteiger partial charge < -0.3 is 24.3 Å². The summed E-state index contributed by atoms with van der Waals surface area (Å²) in [6.07, 6.45) is 4.92. The Bertz CT molecular complexity index is 725. The Morgan fingerprint density at radius 1 is 1.26 bits per heavy atom. The van der Waals surface area contributed by atoms with E-state index in [1.54, 1.807) is 24.5 Å². The Morgan fingerprint density at radius 3 is 2.74 bits per heavy atom. The average Bonchev–Trinajstić information content (AvgIpc) is 3.26. The highest BCUT2D eigenvalue weighted by Gasteiger charge is 2.25. The van der Waals surface area contributed by atoms with Crippen molar-refractivity contribution in [2.45, 2.75) is 6.92 Å². The molecule has 1 saturated heterocycles. The van der Waals surface area contributed by atoms with Gasteiger partial charge in [0.25, 0.3) is 5.91 Å². The molecule has 2 aromatic rings. The molecule has 0 bridgehead atoms. The molecule has 1 N–H and O–H groups in total. The monoisotopic (exact) mass is 371 g/mol. The molecule has 0 unspecified atom stereocenters. The van der Waals surface area contributed by atoms with Gasteiger partial charge in [-0.25, -0.2) is 4.99 Å². The highest BCUT2D eigenvalue weighted by molar-refractivity contribution is 5.91. The zero-order valence-electron chi connectivity index (χ0n) is 15.5. The summed E-state index contributed by atoms with van der Waals surface area (Å²) in [4.78, 5) is 25.0. The molecule has 0 aliphatic carbocycles. The second-order valence-corrected chi connectivity index (χ2v) is 6.03. The number of amides is 1. The van der Waals surface area contributed by atoms with Gasteiger partial charge in [0, 0.05) is 38.9 Å². The van der Waals surface area contributed by atoms with Crippen LogP contribution in [0.5, 0.6) is 5.75 Å². The number of rotatable bonds is 6. The molecule has 27 heavy (non-hydrogen) atoms. The van der Waals surface area contributed by atoms with Crippen LogP contribution in [0.25, 0.3) is 0 Å². The number of carbonyl (C=O) groups is 1. The molecule has 2 aromatic heterocycles. The van der Waals surface area contributed by atoms with Crippen molar-refractivity contribution in [2.24, 2.45) is 4.99 Å². The van der Waals surface area contributed by atoms with Crippen LogP contribution >= 0.6 is 0 Å². The zero-order chi connectivity index (χ0) is 18.9. The highest BCUT2D eigenvalue weighted by Crippen LogP contribution is 2.10. The first kappa shape index (κ1) is 18.8. The molecule has 8 nitrogen and oxygen atoms in total. The average molecular weight is 371 g/mol. The summed E-state index contributed by atoms with van der Waals surface area (Å²) in [7, 11) is 0. The van der Waals surface area contributed by atoms with E-state index >= 15 is 0 Å². The fourth-order valence-corrected chi connectivity index (χ4v) is 2.85. The molecule has 144 valence electrons. The number of piperazine rings is 1. The normalized spacial score (nSPS) is 14.9. The van der Waals surface area contributed by atoms with Crippen molar-refractivity contribution in [3.05, 3.63) is 48.7 Å². The van der Waals surface area contributed by atoms with E-state index in [0.29, 0.717) is 32.0 Å². The summed E-state index contributed by atoms with van der Waals surface area (Å²) in [6.45, 7) is 6.57. The SMILES string of the molecule is CCNC(=NCCOc1cccnc1)N1CCN(C(=O)c2ccco2)CC1. The molecule has 0 atom stereocenters. The molecule has 0 spiro atoms. The molecule has 0 radical (unpaired) electrons. The van der Waals surface area contributed by atoms with Gasteiger partial charge in [0.1, 0.15) is 12.4 Å². The molecule has 3 heterocycles. The third-order valence-corrected chi connectivity index (χ3v) is 4.19. The van der Waals surface area contributed by atoms with Crippen LogP contribution in [0.2, 0.25) is 0 Å². The van der Waals surface area contributed by atoms with Crippen LogP contribution in [-0.2, 0) is 0 Å². The highest BCUT2D eigenvalue weighted by atomic mass is 16.5. The third-order valence-electron chi connectivity index (χ3n) is 4.19. The van der Waals surface area contributed by atoms with Crippen LogP contribution in [0.15, 0.2) is 52.3 Å². The van der Waals surface area contributed by atoms with Crippen molar-refractivity contribution < 1.29 is 13.9 Å². The molecule has 0 saturated carbocycles. The van der Waals surface area contributed by atoms with Crippen molar-refractivity contribution in [1.82, 2.24) is 20.1 Å². The fourth-order valence-electron chi connectivity index (χ4n) is 2.85. The number of pyridine rings is 1. The Hall–Kier alpha value is -3.03. The van der Waals surface area contributed by atoms with E-state index < -0.39 is 0 Å². The maximum atomic E-state index is 12.4. The number of guanidine groups is 1. The number of furan rings is 1. The van der Waals surface area contributed by atoms with Crippen molar-refractivity contribution in [1.29, 1.82) is 0 Å². The number of aliphatic imine (C=N–C) groups is 1. The fraction of sp³-hybridized carbons (Fsp3) is 0.421. The van der Waals surface area contributed by atoms with E-state index in [1.165, 1.54) is 6.26 Å². The van der Waals surface area contributed by atoms with Gasteiger partial charge in [0.05, 0.1) is 19.0 Å². The van der Waals surface area contributed by atoms with Gasteiger partial charge in [-0.1, -0.05) is 0 Å². The Kier molecular flexibility index (Phi) is 6.67. The van der Waals surface area contributed by atoms with Gasteiger partial charge in [-0.15, -0.1) is 0 Å². The number of carbonyl (C=O) groups excluding carboxylic acids is 1. The number of nitrogens with one attached hydrogen (secondary N) is 1. The topological polar surface area (TPSA) is 83.2 Å². The minimum atomic E-state index is -0.0635. The predicted octanol–water partition coefficient (Wildman–Crippen LogP) is 1.48. The predicted molar refractivity (Wildman–Crippen MR) is 102 cm³/mol. The molecular formula is C19H25N5O3. The lowest BCUT2D eigenvalue weighted by Crippen LogP contribution is -2.53. The van der Waals surface area contributed by atoms with Crippen molar-refractivity contribution in [3.8, 4) is 5.75 Å². The van der Waals surface area contributed by atoms with Crippen LogP contribution < -0.4 is 10.1 Å². The van der Waals surface area contributed by atoms with Gasteiger partial charge in [-0.3, -0.25) is 9.78 Å². The van der Waals surface area contributed by atoms with Crippen molar-refractivity contribution >= 4 is 11.9 Å². The summed E-state index contributed by atoms with van der Waals surface area (Å²) in [5, 5.41) is 3.31. The summed E-state index contributed by atoms with van der Waals surface area (Å²) in [6, 6.07) is 7.14. The van der Waals surface area contributed by atoms with E-state index in [2.05, 4.69) is 20.2 Å². The van der Waals surface area contributed by atoms with Gasteiger partial charge in [-0.05, 0) is 31.2 Å². The maximum absolute atomic E-state index is 12.4. The summed E-state index contributed by atoms with van der Waals surface area (Å²) in [5.74, 6) is 1.91.